The van der Waals surface area contributed by atoms with Crippen LogP contribution in [0.25, 0.3) is 11.3 Å². The van der Waals surface area contributed by atoms with E-state index in [1.807, 2.05) is 44.4 Å². The SMILES string of the molecule is CC[C@H](C)[C@H](NCC(=O)Nc1cccc(-c2csc(C)n2)c1)C(=O)O. The first-order valence-electron chi connectivity index (χ1n) is 8.19. The Morgan fingerprint density at radius 3 is 2.72 bits per heavy atom. The molecule has 1 heterocycles. The number of hydrogen-bond donors (Lipinski definition) is 3. The molecule has 2 aromatic rings. The summed E-state index contributed by atoms with van der Waals surface area (Å²) in [6.45, 7) is 5.67. The van der Waals surface area contributed by atoms with Gasteiger partial charge in [0.25, 0.3) is 0 Å². The second-order valence-corrected chi connectivity index (χ2v) is 7.03. The van der Waals surface area contributed by atoms with Crippen LogP contribution in [-0.2, 0) is 9.59 Å². The van der Waals surface area contributed by atoms with Gasteiger partial charge in [-0.15, -0.1) is 11.3 Å². The fourth-order valence-corrected chi connectivity index (χ4v) is 3.05. The number of aliphatic carboxylic acids is 1. The van der Waals surface area contributed by atoms with E-state index >= 15 is 0 Å². The van der Waals surface area contributed by atoms with Gasteiger partial charge in [0, 0.05) is 16.6 Å². The van der Waals surface area contributed by atoms with Crippen LogP contribution in [0.4, 0.5) is 5.69 Å². The number of amides is 1. The summed E-state index contributed by atoms with van der Waals surface area (Å²) in [7, 11) is 0. The van der Waals surface area contributed by atoms with E-state index in [9.17, 15) is 14.7 Å². The summed E-state index contributed by atoms with van der Waals surface area (Å²) >= 11 is 1.57. The average molecular weight is 361 g/mol. The number of carboxylic acids is 1. The van der Waals surface area contributed by atoms with Gasteiger partial charge in [0.1, 0.15) is 6.04 Å². The molecule has 0 fully saturated rings. The first kappa shape index (κ1) is 19.1. The van der Waals surface area contributed by atoms with Crippen LogP contribution in [0.3, 0.4) is 0 Å². The zero-order chi connectivity index (χ0) is 18.4. The van der Waals surface area contributed by atoms with Gasteiger partial charge in [-0.2, -0.15) is 0 Å². The minimum absolute atomic E-state index is 0.0541. The molecule has 1 aromatic heterocycles. The highest BCUT2D eigenvalue weighted by atomic mass is 32.1. The van der Waals surface area contributed by atoms with Gasteiger partial charge in [0.15, 0.2) is 0 Å². The molecule has 25 heavy (non-hydrogen) atoms. The minimum Gasteiger partial charge on any atom is -0.480 e. The van der Waals surface area contributed by atoms with Crippen molar-refractivity contribution in [1.29, 1.82) is 0 Å². The molecule has 0 bridgehead atoms. The zero-order valence-corrected chi connectivity index (χ0v) is 15.4. The monoisotopic (exact) mass is 361 g/mol. The Balaban J connectivity index is 1.97. The van der Waals surface area contributed by atoms with E-state index in [4.69, 9.17) is 0 Å². The van der Waals surface area contributed by atoms with Crippen LogP contribution in [0, 0.1) is 12.8 Å². The second kappa shape index (κ2) is 8.73. The molecule has 0 radical (unpaired) electrons. The molecule has 1 aromatic carbocycles. The topological polar surface area (TPSA) is 91.3 Å². The summed E-state index contributed by atoms with van der Waals surface area (Å²) in [4.78, 5) is 27.8. The smallest absolute Gasteiger partial charge is 0.320 e. The van der Waals surface area contributed by atoms with Crippen molar-refractivity contribution in [3.63, 3.8) is 0 Å². The first-order chi connectivity index (χ1) is 11.9. The quantitative estimate of drug-likeness (QED) is 0.672. The summed E-state index contributed by atoms with van der Waals surface area (Å²) in [6, 6.07) is 6.71. The number of anilines is 1. The average Bonchev–Trinajstić information content (AvgIpc) is 3.01. The van der Waals surface area contributed by atoms with Crippen LogP contribution in [-0.4, -0.2) is 34.6 Å². The number of carboxylic acid groups (broad SMARTS) is 1. The van der Waals surface area contributed by atoms with E-state index in [1.165, 1.54) is 0 Å². The Bertz CT molecular complexity index is 745. The normalized spacial score (nSPS) is 13.2. The molecular formula is C18H23N3O3S. The Hall–Kier alpha value is -2.25. The molecule has 134 valence electrons. The molecule has 7 heteroatoms. The Morgan fingerprint density at radius 2 is 2.12 bits per heavy atom. The van der Waals surface area contributed by atoms with E-state index in [0.29, 0.717) is 5.69 Å². The van der Waals surface area contributed by atoms with Crippen LogP contribution in [0.15, 0.2) is 29.6 Å². The summed E-state index contributed by atoms with van der Waals surface area (Å²) in [5, 5.41) is 17.8. The standard InChI is InChI=1S/C18H23N3O3S/c1-4-11(2)17(18(23)24)19-9-16(22)21-14-7-5-6-13(8-14)15-10-25-12(3)20-15/h5-8,10-11,17,19H,4,9H2,1-3H3,(H,21,22)(H,23,24)/t11-,17-/m0/s1. The van der Waals surface area contributed by atoms with Gasteiger partial charge in [0.2, 0.25) is 5.91 Å². The second-order valence-electron chi connectivity index (χ2n) is 5.96. The highest BCUT2D eigenvalue weighted by Gasteiger charge is 2.23. The number of carbonyl (C=O) groups excluding carboxylic acids is 1. The lowest BCUT2D eigenvalue weighted by Crippen LogP contribution is -2.45. The van der Waals surface area contributed by atoms with Crippen LogP contribution >= 0.6 is 11.3 Å². The molecule has 0 saturated carbocycles. The van der Waals surface area contributed by atoms with Gasteiger partial charge < -0.3 is 10.4 Å². The molecule has 0 aliphatic heterocycles. The van der Waals surface area contributed by atoms with E-state index < -0.39 is 12.0 Å². The molecule has 1 amide bonds. The van der Waals surface area contributed by atoms with E-state index in [1.54, 1.807) is 17.4 Å². The summed E-state index contributed by atoms with van der Waals surface area (Å²) in [6.07, 6.45) is 0.723. The number of carbonyl (C=O) groups is 2. The largest absolute Gasteiger partial charge is 0.480 e. The number of nitrogens with zero attached hydrogens (tertiary/aromatic N) is 1. The van der Waals surface area contributed by atoms with Crippen molar-refractivity contribution in [1.82, 2.24) is 10.3 Å². The Kier molecular flexibility index (Phi) is 6.66. The number of aryl methyl sites for hydroxylation is 1. The van der Waals surface area contributed by atoms with Gasteiger partial charge in [-0.05, 0) is 25.0 Å². The number of aromatic nitrogens is 1. The van der Waals surface area contributed by atoms with Gasteiger partial charge in [-0.3, -0.25) is 14.9 Å². The molecule has 2 rings (SSSR count). The maximum atomic E-state index is 12.1. The number of nitrogens with one attached hydrogen (secondary N) is 2. The fraction of sp³-hybridized carbons (Fsp3) is 0.389. The highest BCUT2D eigenvalue weighted by Crippen LogP contribution is 2.24. The number of benzene rings is 1. The number of rotatable bonds is 8. The highest BCUT2D eigenvalue weighted by molar-refractivity contribution is 7.09. The van der Waals surface area contributed by atoms with Crippen LogP contribution in [0.2, 0.25) is 0 Å². The van der Waals surface area contributed by atoms with E-state index in [0.717, 1.165) is 22.7 Å². The summed E-state index contributed by atoms with van der Waals surface area (Å²) in [5.41, 5.74) is 2.46. The molecule has 2 atom stereocenters. The third-order valence-corrected chi connectivity index (χ3v) is 4.80. The van der Waals surface area contributed by atoms with Gasteiger partial charge in [-0.1, -0.05) is 32.4 Å². The molecular weight excluding hydrogens is 338 g/mol. The third kappa shape index (κ3) is 5.37. The van der Waals surface area contributed by atoms with Crippen molar-refractivity contribution < 1.29 is 14.7 Å². The summed E-state index contributed by atoms with van der Waals surface area (Å²) < 4.78 is 0. The van der Waals surface area contributed by atoms with Gasteiger partial charge in [0.05, 0.1) is 17.2 Å². The van der Waals surface area contributed by atoms with Crippen molar-refractivity contribution in [2.75, 3.05) is 11.9 Å². The molecule has 0 aliphatic carbocycles. The lowest BCUT2D eigenvalue weighted by Gasteiger charge is -2.19. The Labute approximate surface area is 151 Å². The van der Waals surface area contributed by atoms with E-state index in [-0.39, 0.29) is 18.4 Å². The molecule has 3 N–H and O–H groups in total. The Morgan fingerprint density at radius 1 is 1.36 bits per heavy atom. The molecule has 0 saturated heterocycles. The van der Waals surface area contributed by atoms with Crippen molar-refractivity contribution in [3.05, 3.63) is 34.7 Å². The number of hydrogen-bond acceptors (Lipinski definition) is 5. The number of thiazole rings is 1. The van der Waals surface area contributed by atoms with Crippen LogP contribution < -0.4 is 10.6 Å². The fourth-order valence-electron chi connectivity index (χ4n) is 2.43. The summed E-state index contributed by atoms with van der Waals surface area (Å²) in [5.74, 6) is -1.27. The van der Waals surface area contributed by atoms with Crippen LogP contribution in [0.1, 0.15) is 25.3 Å². The first-order valence-corrected chi connectivity index (χ1v) is 9.07. The maximum absolute atomic E-state index is 12.1. The molecule has 0 spiro atoms. The molecule has 0 aliphatic rings. The van der Waals surface area contributed by atoms with Gasteiger partial charge in [-0.25, -0.2) is 4.98 Å². The third-order valence-electron chi connectivity index (χ3n) is 4.02. The van der Waals surface area contributed by atoms with Crippen molar-refractivity contribution in [3.8, 4) is 11.3 Å². The van der Waals surface area contributed by atoms with Crippen molar-refractivity contribution in [2.45, 2.75) is 33.2 Å². The molecule has 0 unspecified atom stereocenters. The van der Waals surface area contributed by atoms with Crippen molar-refractivity contribution in [2.24, 2.45) is 5.92 Å². The zero-order valence-electron chi connectivity index (χ0n) is 14.6. The maximum Gasteiger partial charge on any atom is 0.320 e. The van der Waals surface area contributed by atoms with E-state index in [2.05, 4.69) is 15.6 Å². The minimum atomic E-state index is -0.942. The molecule has 6 nitrogen and oxygen atoms in total. The predicted octanol–water partition coefficient (Wildman–Crippen LogP) is 3.15. The predicted molar refractivity (Wildman–Crippen MR) is 99.8 cm³/mol. The lowest BCUT2D eigenvalue weighted by atomic mass is 9.99. The lowest BCUT2D eigenvalue weighted by molar-refractivity contribution is -0.140. The van der Waals surface area contributed by atoms with Crippen LogP contribution in [0.5, 0.6) is 0 Å². The van der Waals surface area contributed by atoms with Crippen molar-refractivity contribution >= 4 is 28.9 Å². The van der Waals surface area contributed by atoms with Gasteiger partial charge >= 0.3 is 5.97 Å².